The fourth-order valence-electron chi connectivity index (χ4n) is 0.361. The highest BCUT2D eigenvalue weighted by atomic mass is 32.2. The summed E-state index contributed by atoms with van der Waals surface area (Å²) < 4.78 is 0. The maximum absolute atomic E-state index is 9.10. The van der Waals surface area contributed by atoms with Crippen LogP contribution >= 0.6 is 11.8 Å². The van der Waals surface area contributed by atoms with Crippen molar-refractivity contribution in [3.05, 3.63) is 0 Å². The molecule has 6 nitrogen and oxygen atoms in total. The zero-order chi connectivity index (χ0) is 11.6. The first kappa shape index (κ1) is 15.7. The predicted octanol–water partition coefficient (Wildman–Crippen LogP) is -0.785. The summed E-state index contributed by atoms with van der Waals surface area (Å²) in [5, 5.41) is 23.2. The van der Waals surface area contributed by atoms with E-state index in [1.807, 2.05) is 6.26 Å². The van der Waals surface area contributed by atoms with Crippen molar-refractivity contribution in [3.8, 4) is 0 Å². The molecule has 84 valence electrons. The Morgan fingerprint density at radius 3 is 2.00 bits per heavy atom. The average Bonchev–Trinajstić information content (AvgIpc) is 2.14. The molecule has 0 amide bonds. The van der Waals surface area contributed by atoms with Crippen molar-refractivity contribution >= 4 is 23.7 Å². The highest BCUT2D eigenvalue weighted by Crippen LogP contribution is 1.96. The number of hydrogen-bond acceptors (Lipinski definition) is 5. The Kier molecular flexibility index (Phi) is 11.5. The molecule has 0 aliphatic heterocycles. The van der Waals surface area contributed by atoms with Crippen LogP contribution in [-0.4, -0.2) is 51.9 Å². The second-order valence-corrected chi connectivity index (χ2v) is 3.32. The summed E-state index contributed by atoms with van der Waals surface area (Å²) in [6.45, 7) is 0.112. The first-order valence-corrected chi connectivity index (χ1v) is 5.16. The number of hydrogen-bond donors (Lipinski definition) is 4. The van der Waals surface area contributed by atoms with Crippen molar-refractivity contribution < 1.29 is 24.9 Å². The Morgan fingerprint density at radius 1 is 1.36 bits per heavy atom. The van der Waals surface area contributed by atoms with Gasteiger partial charge < -0.3 is 21.1 Å². The Labute approximate surface area is 86.1 Å². The summed E-state index contributed by atoms with van der Waals surface area (Å²) >= 11 is 1.75. The number of aliphatic hydroxyl groups is 1. The average molecular weight is 225 g/mol. The summed E-state index contributed by atoms with van der Waals surface area (Å²) in [7, 11) is 0. The number of aliphatic carboxylic acids is 2. The minimum Gasteiger partial charge on any atom is -0.473 e. The summed E-state index contributed by atoms with van der Waals surface area (Å²) in [5.41, 5.74) is 5.40. The topological polar surface area (TPSA) is 121 Å². The van der Waals surface area contributed by atoms with Gasteiger partial charge in [-0.15, -0.1) is 0 Å². The smallest absolute Gasteiger partial charge is 0.414 e. The third-order valence-electron chi connectivity index (χ3n) is 1.11. The van der Waals surface area contributed by atoms with Crippen molar-refractivity contribution in [2.45, 2.75) is 12.5 Å². The van der Waals surface area contributed by atoms with E-state index in [4.69, 9.17) is 30.6 Å². The second-order valence-electron chi connectivity index (χ2n) is 2.33. The molecule has 0 aliphatic rings. The van der Waals surface area contributed by atoms with Gasteiger partial charge in [-0.2, -0.15) is 11.8 Å². The number of thioether (sulfide) groups is 1. The van der Waals surface area contributed by atoms with E-state index < -0.39 is 11.9 Å². The number of aliphatic hydroxyl groups excluding tert-OH is 1. The molecular formula is C7H15NO5S. The lowest BCUT2D eigenvalue weighted by Crippen LogP contribution is -2.24. The Balaban J connectivity index is 0. The van der Waals surface area contributed by atoms with Gasteiger partial charge in [-0.3, -0.25) is 0 Å². The first-order valence-electron chi connectivity index (χ1n) is 3.77. The second kappa shape index (κ2) is 10.3. The molecule has 1 atom stereocenters. The van der Waals surface area contributed by atoms with E-state index in [0.717, 1.165) is 12.2 Å². The maximum Gasteiger partial charge on any atom is 0.414 e. The van der Waals surface area contributed by atoms with Crippen LogP contribution in [0.25, 0.3) is 0 Å². The zero-order valence-electron chi connectivity index (χ0n) is 7.84. The molecule has 1 unspecified atom stereocenters. The fourth-order valence-corrected chi connectivity index (χ4v) is 0.899. The van der Waals surface area contributed by atoms with Gasteiger partial charge in [-0.05, 0) is 18.4 Å². The number of carboxylic acid groups (broad SMARTS) is 2. The van der Waals surface area contributed by atoms with Crippen LogP contribution in [0, 0.1) is 0 Å². The molecule has 0 spiro atoms. The van der Waals surface area contributed by atoms with E-state index in [0.29, 0.717) is 0 Å². The van der Waals surface area contributed by atoms with Gasteiger partial charge in [0, 0.05) is 6.04 Å². The lowest BCUT2D eigenvalue weighted by Gasteiger charge is -2.03. The summed E-state index contributed by atoms with van der Waals surface area (Å²) in [6, 6.07) is -0.0116. The fraction of sp³-hybridized carbons (Fsp3) is 0.714. The zero-order valence-corrected chi connectivity index (χ0v) is 8.66. The number of carboxylic acids is 2. The number of carbonyl (C=O) groups is 2. The Morgan fingerprint density at radius 2 is 1.79 bits per heavy atom. The molecule has 7 heteroatoms. The molecule has 0 radical (unpaired) electrons. The molecule has 0 aromatic heterocycles. The van der Waals surface area contributed by atoms with E-state index in [-0.39, 0.29) is 12.6 Å². The molecule has 0 bridgehead atoms. The Hall–Kier alpha value is -0.790. The van der Waals surface area contributed by atoms with Gasteiger partial charge in [0.1, 0.15) is 0 Å². The molecule has 14 heavy (non-hydrogen) atoms. The van der Waals surface area contributed by atoms with Crippen molar-refractivity contribution in [2.24, 2.45) is 5.73 Å². The van der Waals surface area contributed by atoms with Crippen LogP contribution in [0.5, 0.6) is 0 Å². The van der Waals surface area contributed by atoms with Gasteiger partial charge in [-0.1, -0.05) is 0 Å². The first-order chi connectivity index (χ1) is 6.45. The van der Waals surface area contributed by atoms with Gasteiger partial charge >= 0.3 is 11.9 Å². The largest absolute Gasteiger partial charge is 0.473 e. The minimum absolute atomic E-state index is 0.0116. The molecule has 0 heterocycles. The summed E-state index contributed by atoms with van der Waals surface area (Å²) in [4.78, 5) is 18.2. The molecule has 0 aliphatic carbocycles. The van der Waals surface area contributed by atoms with E-state index in [1.165, 1.54) is 0 Å². The molecule has 0 aromatic rings. The predicted molar refractivity (Wildman–Crippen MR) is 53.3 cm³/mol. The third kappa shape index (κ3) is 13.8. The third-order valence-corrected chi connectivity index (χ3v) is 1.75. The lowest BCUT2D eigenvalue weighted by molar-refractivity contribution is -0.159. The molecule has 0 fully saturated rings. The van der Waals surface area contributed by atoms with Crippen LogP contribution in [0.4, 0.5) is 0 Å². The van der Waals surface area contributed by atoms with Crippen LogP contribution in [-0.2, 0) is 9.59 Å². The van der Waals surface area contributed by atoms with Crippen molar-refractivity contribution in [1.29, 1.82) is 0 Å². The molecular weight excluding hydrogens is 210 g/mol. The maximum atomic E-state index is 9.10. The van der Waals surface area contributed by atoms with Gasteiger partial charge in [0.25, 0.3) is 0 Å². The quantitative estimate of drug-likeness (QED) is 0.463. The van der Waals surface area contributed by atoms with Crippen LogP contribution < -0.4 is 5.73 Å². The minimum atomic E-state index is -1.82. The van der Waals surface area contributed by atoms with Crippen LogP contribution in [0.2, 0.25) is 0 Å². The van der Waals surface area contributed by atoms with Crippen LogP contribution in [0.3, 0.4) is 0 Å². The van der Waals surface area contributed by atoms with E-state index in [9.17, 15) is 0 Å². The molecule has 0 saturated carbocycles. The normalized spacial score (nSPS) is 11.1. The van der Waals surface area contributed by atoms with Gasteiger partial charge in [0.2, 0.25) is 0 Å². The van der Waals surface area contributed by atoms with Crippen LogP contribution in [0.1, 0.15) is 6.42 Å². The van der Waals surface area contributed by atoms with Gasteiger partial charge in [0.05, 0.1) is 6.61 Å². The van der Waals surface area contributed by atoms with E-state index in [2.05, 4.69) is 0 Å². The monoisotopic (exact) mass is 225 g/mol. The molecule has 0 aromatic carbocycles. The number of nitrogens with two attached hydrogens (primary N) is 1. The molecule has 0 rings (SSSR count). The highest BCUT2D eigenvalue weighted by Gasteiger charge is 2.04. The summed E-state index contributed by atoms with van der Waals surface area (Å²) in [5.74, 6) is -2.60. The summed E-state index contributed by atoms with van der Waals surface area (Å²) in [6.07, 6.45) is 2.95. The standard InChI is InChI=1S/C5H13NOS.C2H2O4/c1-8-3-2-5(6)4-7;3-1(4)2(5)6/h5,7H,2-4,6H2,1H3;(H,3,4)(H,5,6). The van der Waals surface area contributed by atoms with E-state index >= 15 is 0 Å². The SMILES string of the molecule is CSCCC(N)CO.O=C(O)C(=O)O. The molecule has 5 N–H and O–H groups in total. The highest BCUT2D eigenvalue weighted by molar-refractivity contribution is 7.98. The van der Waals surface area contributed by atoms with Crippen LogP contribution in [0.15, 0.2) is 0 Å². The molecule has 0 saturated heterocycles. The lowest BCUT2D eigenvalue weighted by atomic mass is 10.3. The Bertz CT molecular complexity index is 163. The van der Waals surface area contributed by atoms with Crippen molar-refractivity contribution in [2.75, 3.05) is 18.6 Å². The van der Waals surface area contributed by atoms with Crippen molar-refractivity contribution in [3.63, 3.8) is 0 Å². The number of rotatable bonds is 4. The van der Waals surface area contributed by atoms with E-state index in [1.54, 1.807) is 11.8 Å². The van der Waals surface area contributed by atoms with Crippen molar-refractivity contribution in [1.82, 2.24) is 0 Å². The van der Waals surface area contributed by atoms with Gasteiger partial charge in [-0.25, -0.2) is 9.59 Å². The van der Waals surface area contributed by atoms with Gasteiger partial charge in [0.15, 0.2) is 0 Å².